The number of amides is 2. The minimum Gasteiger partial charge on any atom is -0.323 e. The zero-order valence-electron chi connectivity index (χ0n) is 14.1. The van der Waals surface area contributed by atoms with Crippen LogP contribution < -0.4 is 10.2 Å². The van der Waals surface area contributed by atoms with Gasteiger partial charge in [-0.1, -0.05) is 23.7 Å². The summed E-state index contributed by atoms with van der Waals surface area (Å²) >= 11 is 5.74. The van der Waals surface area contributed by atoms with Crippen molar-refractivity contribution in [3.8, 4) is 0 Å². The van der Waals surface area contributed by atoms with Gasteiger partial charge in [0, 0.05) is 18.7 Å². The van der Waals surface area contributed by atoms with Crippen molar-refractivity contribution in [3.05, 3.63) is 58.4 Å². The molecule has 2 aromatic carbocycles. The van der Waals surface area contributed by atoms with Gasteiger partial charge in [-0.05, 0) is 54.7 Å². The van der Waals surface area contributed by atoms with Crippen LogP contribution in [0.25, 0.3) is 0 Å². The van der Waals surface area contributed by atoms with Gasteiger partial charge >= 0.3 is 0 Å². The molecule has 1 saturated heterocycles. The summed E-state index contributed by atoms with van der Waals surface area (Å²) in [5, 5.41) is 2.50. The number of nitrogens with one attached hydrogen (secondary N) is 1. The lowest BCUT2D eigenvalue weighted by Crippen LogP contribution is -2.28. The number of anilines is 2. The number of rotatable bonds is 3. The Morgan fingerprint density at radius 3 is 2.85 bits per heavy atom. The van der Waals surface area contributed by atoms with Gasteiger partial charge < -0.3 is 10.2 Å². The van der Waals surface area contributed by atoms with E-state index >= 15 is 0 Å². The quantitative estimate of drug-likeness (QED) is 0.886. The normalized spacial score (nSPS) is 18.9. The smallest absolute Gasteiger partial charge is 0.229 e. The molecule has 1 aliphatic carbocycles. The molecule has 0 aromatic heterocycles. The second-order valence-electron chi connectivity index (χ2n) is 6.80. The van der Waals surface area contributed by atoms with Crippen molar-refractivity contribution in [3.63, 3.8) is 0 Å². The van der Waals surface area contributed by atoms with Crippen LogP contribution in [0.4, 0.5) is 15.8 Å². The fourth-order valence-electron chi connectivity index (χ4n) is 3.69. The van der Waals surface area contributed by atoms with Crippen LogP contribution in [0, 0.1) is 11.7 Å². The van der Waals surface area contributed by atoms with Crippen LogP contribution in [0.3, 0.4) is 0 Å². The molecule has 26 heavy (non-hydrogen) atoms. The molecule has 0 bridgehead atoms. The molecular weight excluding hydrogens is 355 g/mol. The summed E-state index contributed by atoms with van der Waals surface area (Å²) in [6.45, 7) is 0.297. The largest absolute Gasteiger partial charge is 0.323 e. The van der Waals surface area contributed by atoms with Crippen molar-refractivity contribution in [2.45, 2.75) is 25.7 Å². The van der Waals surface area contributed by atoms with Crippen molar-refractivity contribution in [1.29, 1.82) is 0 Å². The number of halogens is 2. The monoisotopic (exact) mass is 372 g/mol. The third-order valence-electron chi connectivity index (χ3n) is 5.10. The summed E-state index contributed by atoms with van der Waals surface area (Å²) < 4.78 is 14.0. The average Bonchev–Trinajstić information content (AvgIpc) is 3.24. The van der Waals surface area contributed by atoms with Crippen molar-refractivity contribution in [2.75, 3.05) is 16.8 Å². The van der Waals surface area contributed by atoms with Crippen LogP contribution in [0.15, 0.2) is 36.4 Å². The summed E-state index contributed by atoms with van der Waals surface area (Å²) in [4.78, 5) is 26.6. The van der Waals surface area contributed by atoms with Gasteiger partial charge in [0.1, 0.15) is 0 Å². The fraction of sp³-hybridized carbons (Fsp3) is 0.300. The Bertz CT molecular complexity index is 899. The SMILES string of the molecule is O=C(Nc1cccc(Cl)c1F)[C@@H]1CC(=O)N(c2ccc3c(c2)CCC3)C1. The molecule has 4 rings (SSSR count). The molecule has 6 heteroatoms. The van der Waals surface area contributed by atoms with Crippen LogP contribution >= 0.6 is 11.6 Å². The maximum Gasteiger partial charge on any atom is 0.229 e. The Morgan fingerprint density at radius 2 is 2.00 bits per heavy atom. The lowest BCUT2D eigenvalue weighted by atomic mass is 10.1. The van der Waals surface area contributed by atoms with Crippen LogP contribution in [-0.2, 0) is 22.4 Å². The topological polar surface area (TPSA) is 49.4 Å². The minimum atomic E-state index is -0.665. The molecular formula is C20H18ClFN2O2. The summed E-state index contributed by atoms with van der Waals surface area (Å²) in [7, 11) is 0. The third-order valence-corrected chi connectivity index (χ3v) is 5.39. The Kier molecular flexibility index (Phi) is 4.41. The number of nitrogens with zero attached hydrogens (tertiary/aromatic N) is 1. The van der Waals surface area contributed by atoms with Gasteiger partial charge in [-0.2, -0.15) is 0 Å². The molecule has 0 spiro atoms. The highest BCUT2D eigenvalue weighted by Crippen LogP contribution is 2.31. The lowest BCUT2D eigenvalue weighted by Gasteiger charge is -2.18. The summed E-state index contributed by atoms with van der Waals surface area (Å²) in [5.74, 6) is -1.64. The first-order chi connectivity index (χ1) is 12.5. The van der Waals surface area contributed by atoms with E-state index in [2.05, 4.69) is 17.4 Å². The van der Waals surface area contributed by atoms with Gasteiger partial charge in [-0.15, -0.1) is 0 Å². The maximum absolute atomic E-state index is 14.0. The maximum atomic E-state index is 14.0. The number of carbonyl (C=O) groups is 2. The van der Waals surface area contributed by atoms with E-state index in [4.69, 9.17) is 11.6 Å². The Balaban J connectivity index is 1.49. The van der Waals surface area contributed by atoms with E-state index in [1.54, 1.807) is 11.0 Å². The zero-order chi connectivity index (χ0) is 18.3. The second kappa shape index (κ2) is 6.72. The van der Waals surface area contributed by atoms with Gasteiger partial charge in [0.15, 0.2) is 5.82 Å². The number of benzene rings is 2. The van der Waals surface area contributed by atoms with Crippen LogP contribution in [0.1, 0.15) is 24.0 Å². The lowest BCUT2D eigenvalue weighted by molar-refractivity contribution is -0.122. The summed E-state index contributed by atoms with van der Waals surface area (Å²) in [6.07, 6.45) is 3.37. The van der Waals surface area contributed by atoms with E-state index in [9.17, 15) is 14.0 Å². The molecule has 134 valence electrons. The molecule has 2 aromatic rings. The highest BCUT2D eigenvalue weighted by Gasteiger charge is 2.35. The van der Waals surface area contributed by atoms with E-state index in [1.807, 2.05) is 6.07 Å². The van der Waals surface area contributed by atoms with Crippen LogP contribution in [0.5, 0.6) is 0 Å². The summed E-state index contributed by atoms with van der Waals surface area (Å²) in [5.41, 5.74) is 3.49. The number of fused-ring (bicyclic) bond motifs is 1. The van der Waals surface area contributed by atoms with Gasteiger partial charge in [0.25, 0.3) is 0 Å². The van der Waals surface area contributed by atoms with Crippen molar-refractivity contribution in [1.82, 2.24) is 0 Å². The van der Waals surface area contributed by atoms with E-state index in [0.717, 1.165) is 24.9 Å². The first-order valence-electron chi connectivity index (χ1n) is 8.70. The first kappa shape index (κ1) is 17.0. The van der Waals surface area contributed by atoms with Crippen LogP contribution in [0.2, 0.25) is 5.02 Å². The molecule has 2 amide bonds. The van der Waals surface area contributed by atoms with E-state index < -0.39 is 11.7 Å². The minimum absolute atomic E-state index is 0.0333. The average molecular weight is 373 g/mol. The van der Waals surface area contributed by atoms with Gasteiger partial charge in [0.2, 0.25) is 11.8 Å². The Hall–Kier alpha value is -2.40. The molecule has 1 N–H and O–H groups in total. The zero-order valence-corrected chi connectivity index (χ0v) is 14.9. The van der Waals surface area contributed by atoms with Gasteiger partial charge in [-0.25, -0.2) is 4.39 Å². The van der Waals surface area contributed by atoms with Gasteiger partial charge in [0.05, 0.1) is 16.6 Å². The van der Waals surface area contributed by atoms with E-state index in [-0.39, 0.29) is 28.9 Å². The highest BCUT2D eigenvalue weighted by atomic mass is 35.5. The third kappa shape index (κ3) is 3.07. The van der Waals surface area contributed by atoms with Crippen molar-refractivity contribution >= 4 is 34.8 Å². The number of aryl methyl sites for hydroxylation is 2. The van der Waals surface area contributed by atoms with E-state index in [1.165, 1.54) is 23.3 Å². The number of carbonyl (C=O) groups excluding carboxylic acids is 2. The fourth-order valence-corrected chi connectivity index (χ4v) is 3.87. The molecule has 1 heterocycles. The molecule has 4 nitrogen and oxygen atoms in total. The second-order valence-corrected chi connectivity index (χ2v) is 7.21. The standard InChI is InChI=1S/C20H18ClFN2O2/c21-16-5-2-6-17(19(16)22)23-20(26)14-10-18(25)24(11-14)15-8-7-12-3-1-4-13(12)9-15/h2,5-9,14H,1,3-4,10-11H2,(H,23,26)/t14-/m1/s1. The number of hydrogen-bond donors (Lipinski definition) is 1. The first-order valence-corrected chi connectivity index (χ1v) is 9.08. The molecule has 1 aliphatic heterocycles. The van der Waals surface area contributed by atoms with E-state index in [0.29, 0.717) is 6.54 Å². The van der Waals surface area contributed by atoms with Crippen molar-refractivity contribution < 1.29 is 14.0 Å². The van der Waals surface area contributed by atoms with Crippen molar-refractivity contribution in [2.24, 2.45) is 5.92 Å². The molecule has 0 saturated carbocycles. The van der Waals surface area contributed by atoms with Crippen LogP contribution in [-0.4, -0.2) is 18.4 Å². The predicted molar refractivity (Wildman–Crippen MR) is 99.0 cm³/mol. The highest BCUT2D eigenvalue weighted by molar-refractivity contribution is 6.31. The molecule has 0 unspecified atom stereocenters. The molecule has 2 aliphatic rings. The summed E-state index contributed by atoms with van der Waals surface area (Å²) in [6, 6.07) is 10.5. The van der Waals surface area contributed by atoms with Gasteiger partial charge in [-0.3, -0.25) is 9.59 Å². The predicted octanol–water partition coefficient (Wildman–Crippen LogP) is 3.96. The molecule has 1 fully saturated rings. The number of hydrogen-bond acceptors (Lipinski definition) is 2. The Morgan fingerprint density at radius 1 is 1.19 bits per heavy atom. The molecule has 1 atom stereocenters. The molecule has 0 radical (unpaired) electrons. The Labute approximate surface area is 155 Å².